The number of fused-ring (bicyclic) bond motifs is 1. The van der Waals surface area contributed by atoms with Crippen LogP contribution in [-0.4, -0.2) is 26.5 Å². The van der Waals surface area contributed by atoms with Crippen LogP contribution in [0.3, 0.4) is 0 Å². The van der Waals surface area contributed by atoms with Gasteiger partial charge in [-0.3, -0.25) is 0 Å². The Morgan fingerprint density at radius 1 is 1.25 bits per heavy atom. The molecule has 0 atom stereocenters. The van der Waals surface area contributed by atoms with Crippen LogP contribution in [0, 0.1) is 0 Å². The summed E-state index contributed by atoms with van der Waals surface area (Å²) in [7, 11) is 0. The summed E-state index contributed by atoms with van der Waals surface area (Å²) in [6, 6.07) is 5.63. The highest BCUT2D eigenvalue weighted by molar-refractivity contribution is 5.46. The van der Waals surface area contributed by atoms with Crippen molar-refractivity contribution in [3.8, 4) is 17.2 Å². The summed E-state index contributed by atoms with van der Waals surface area (Å²) in [5.41, 5.74) is 0. The van der Waals surface area contributed by atoms with Gasteiger partial charge in [-0.05, 0) is 25.1 Å². The zero-order valence-electron chi connectivity index (χ0n) is 9.49. The average molecular weight is 223 g/mol. The van der Waals surface area contributed by atoms with Gasteiger partial charge in [-0.2, -0.15) is 0 Å². The quantitative estimate of drug-likeness (QED) is 0.746. The second-order valence-corrected chi connectivity index (χ2v) is 3.61. The van der Waals surface area contributed by atoms with Gasteiger partial charge in [0.1, 0.15) is 12.4 Å². The molecule has 4 nitrogen and oxygen atoms in total. The van der Waals surface area contributed by atoms with Crippen LogP contribution in [0.4, 0.5) is 0 Å². The van der Waals surface area contributed by atoms with E-state index in [-0.39, 0.29) is 0 Å². The summed E-state index contributed by atoms with van der Waals surface area (Å²) < 4.78 is 16.1. The summed E-state index contributed by atoms with van der Waals surface area (Å²) >= 11 is 0. The van der Waals surface area contributed by atoms with Crippen LogP contribution in [0.25, 0.3) is 0 Å². The molecule has 0 saturated heterocycles. The van der Waals surface area contributed by atoms with Gasteiger partial charge in [-0.25, -0.2) is 0 Å². The number of nitrogens with one attached hydrogen (secondary N) is 1. The molecule has 0 saturated carbocycles. The highest BCUT2D eigenvalue weighted by Crippen LogP contribution is 2.34. The molecule has 16 heavy (non-hydrogen) atoms. The number of rotatable bonds is 6. The van der Waals surface area contributed by atoms with Gasteiger partial charge in [0, 0.05) is 12.6 Å². The number of benzene rings is 1. The Hall–Kier alpha value is -1.42. The zero-order chi connectivity index (χ0) is 11.2. The predicted molar refractivity (Wildman–Crippen MR) is 61.2 cm³/mol. The lowest BCUT2D eigenvalue weighted by Crippen LogP contribution is -2.21. The normalized spacial score (nSPS) is 12.8. The molecular formula is C12H17NO3. The Kier molecular flexibility index (Phi) is 3.88. The second kappa shape index (κ2) is 5.61. The molecule has 4 heteroatoms. The van der Waals surface area contributed by atoms with Crippen molar-refractivity contribution in [2.45, 2.75) is 13.3 Å². The third kappa shape index (κ3) is 2.79. The van der Waals surface area contributed by atoms with Gasteiger partial charge in [0.05, 0.1) is 0 Å². The minimum Gasteiger partial charge on any atom is -0.492 e. The lowest BCUT2D eigenvalue weighted by molar-refractivity contribution is 0.173. The number of ether oxygens (including phenoxy) is 3. The maximum atomic E-state index is 5.58. The van der Waals surface area contributed by atoms with Crippen molar-refractivity contribution in [2.75, 3.05) is 26.5 Å². The monoisotopic (exact) mass is 223 g/mol. The van der Waals surface area contributed by atoms with Crippen molar-refractivity contribution in [1.82, 2.24) is 5.32 Å². The third-order valence-electron chi connectivity index (χ3n) is 2.32. The van der Waals surface area contributed by atoms with Gasteiger partial charge in [0.15, 0.2) is 11.5 Å². The van der Waals surface area contributed by atoms with Gasteiger partial charge < -0.3 is 19.5 Å². The molecule has 0 fully saturated rings. The first-order chi connectivity index (χ1) is 7.90. The Labute approximate surface area is 95.5 Å². The summed E-state index contributed by atoms with van der Waals surface area (Å²) in [5.74, 6) is 2.37. The van der Waals surface area contributed by atoms with Crippen LogP contribution in [0.15, 0.2) is 18.2 Å². The molecule has 0 spiro atoms. The van der Waals surface area contributed by atoms with E-state index in [2.05, 4.69) is 12.2 Å². The van der Waals surface area contributed by atoms with E-state index in [0.29, 0.717) is 13.4 Å². The van der Waals surface area contributed by atoms with E-state index in [4.69, 9.17) is 14.2 Å². The molecule has 0 aromatic heterocycles. The van der Waals surface area contributed by atoms with Crippen molar-refractivity contribution < 1.29 is 14.2 Å². The summed E-state index contributed by atoms with van der Waals surface area (Å²) in [6.07, 6.45) is 1.14. The number of hydrogen-bond donors (Lipinski definition) is 1. The molecule has 1 N–H and O–H groups in total. The standard InChI is InChI=1S/C12H17NO3/c1-2-5-13-6-7-14-10-3-4-11-12(8-10)16-9-15-11/h3-4,8,13H,2,5-7,9H2,1H3. The maximum Gasteiger partial charge on any atom is 0.231 e. The van der Waals surface area contributed by atoms with E-state index in [0.717, 1.165) is 36.8 Å². The van der Waals surface area contributed by atoms with Crippen LogP contribution in [0.1, 0.15) is 13.3 Å². The van der Waals surface area contributed by atoms with Gasteiger partial charge in [0.25, 0.3) is 0 Å². The van der Waals surface area contributed by atoms with Crippen LogP contribution < -0.4 is 19.5 Å². The largest absolute Gasteiger partial charge is 0.492 e. The van der Waals surface area contributed by atoms with Crippen molar-refractivity contribution in [2.24, 2.45) is 0 Å². The highest BCUT2D eigenvalue weighted by Gasteiger charge is 2.13. The third-order valence-corrected chi connectivity index (χ3v) is 2.32. The van der Waals surface area contributed by atoms with E-state index in [1.54, 1.807) is 0 Å². The van der Waals surface area contributed by atoms with Crippen molar-refractivity contribution in [1.29, 1.82) is 0 Å². The van der Waals surface area contributed by atoms with Gasteiger partial charge in [-0.1, -0.05) is 6.92 Å². The van der Waals surface area contributed by atoms with E-state index >= 15 is 0 Å². The Bertz CT molecular complexity index is 341. The van der Waals surface area contributed by atoms with Crippen molar-refractivity contribution in [3.63, 3.8) is 0 Å². The van der Waals surface area contributed by atoms with Crippen molar-refractivity contribution in [3.05, 3.63) is 18.2 Å². The molecule has 88 valence electrons. The minimum absolute atomic E-state index is 0.302. The second-order valence-electron chi connectivity index (χ2n) is 3.61. The summed E-state index contributed by atoms with van der Waals surface area (Å²) in [5, 5.41) is 3.28. The van der Waals surface area contributed by atoms with Crippen molar-refractivity contribution >= 4 is 0 Å². The Morgan fingerprint density at radius 3 is 3.00 bits per heavy atom. The molecule has 1 heterocycles. The fourth-order valence-electron chi connectivity index (χ4n) is 1.51. The molecule has 0 aliphatic carbocycles. The first-order valence-corrected chi connectivity index (χ1v) is 5.63. The molecule has 1 aliphatic heterocycles. The summed E-state index contributed by atoms with van der Waals surface area (Å²) in [6.45, 7) is 5.01. The fraction of sp³-hybridized carbons (Fsp3) is 0.500. The first kappa shape index (κ1) is 11.1. The molecule has 1 aliphatic rings. The molecule has 0 unspecified atom stereocenters. The number of hydrogen-bond acceptors (Lipinski definition) is 4. The average Bonchev–Trinajstić information content (AvgIpc) is 2.76. The first-order valence-electron chi connectivity index (χ1n) is 5.63. The predicted octanol–water partition coefficient (Wildman–Crippen LogP) is 1.79. The van der Waals surface area contributed by atoms with Gasteiger partial charge >= 0.3 is 0 Å². The van der Waals surface area contributed by atoms with Gasteiger partial charge in [-0.15, -0.1) is 0 Å². The topological polar surface area (TPSA) is 39.7 Å². The molecule has 1 aromatic rings. The van der Waals surface area contributed by atoms with E-state index < -0.39 is 0 Å². The molecule has 0 amide bonds. The lowest BCUT2D eigenvalue weighted by atomic mass is 10.3. The smallest absolute Gasteiger partial charge is 0.231 e. The van der Waals surface area contributed by atoms with Crippen LogP contribution >= 0.6 is 0 Å². The van der Waals surface area contributed by atoms with Gasteiger partial charge in [0.2, 0.25) is 6.79 Å². The highest BCUT2D eigenvalue weighted by atomic mass is 16.7. The zero-order valence-corrected chi connectivity index (χ0v) is 9.49. The summed E-state index contributed by atoms with van der Waals surface area (Å²) in [4.78, 5) is 0. The van der Waals surface area contributed by atoms with E-state index in [9.17, 15) is 0 Å². The molecule has 0 bridgehead atoms. The molecular weight excluding hydrogens is 206 g/mol. The Morgan fingerprint density at radius 2 is 2.12 bits per heavy atom. The molecule has 0 radical (unpaired) electrons. The van der Waals surface area contributed by atoms with E-state index in [1.807, 2.05) is 18.2 Å². The fourth-order valence-corrected chi connectivity index (χ4v) is 1.51. The van der Waals surface area contributed by atoms with Crippen LogP contribution in [0.5, 0.6) is 17.2 Å². The lowest BCUT2D eigenvalue weighted by Gasteiger charge is -2.07. The SMILES string of the molecule is CCCNCCOc1ccc2c(c1)OCO2. The van der Waals surface area contributed by atoms with Crippen LogP contribution in [-0.2, 0) is 0 Å². The molecule has 2 rings (SSSR count). The molecule has 1 aromatic carbocycles. The minimum atomic E-state index is 0.302. The maximum absolute atomic E-state index is 5.58. The Balaban J connectivity index is 1.77. The van der Waals surface area contributed by atoms with E-state index in [1.165, 1.54) is 0 Å². The van der Waals surface area contributed by atoms with Crippen LogP contribution in [0.2, 0.25) is 0 Å².